The van der Waals surface area contributed by atoms with Crippen LogP contribution in [0.1, 0.15) is 45.2 Å². The lowest BCUT2D eigenvalue weighted by atomic mass is 10.1. The molecule has 0 N–H and O–H groups in total. The first-order chi connectivity index (χ1) is 10.8. The lowest BCUT2D eigenvalue weighted by Crippen LogP contribution is -2.34. The average Bonchev–Trinajstić information content (AvgIpc) is 2.52. The van der Waals surface area contributed by atoms with Crippen molar-refractivity contribution in [1.82, 2.24) is 0 Å². The van der Waals surface area contributed by atoms with Gasteiger partial charge in [0.1, 0.15) is 0 Å². The van der Waals surface area contributed by atoms with Crippen LogP contribution in [0.3, 0.4) is 0 Å². The van der Waals surface area contributed by atoms with Gasteiger partial charge in [0.05, 0.1) is 18.2 Å². The summed E-state index contributed by atoms with van der Waals surface area (Å²) < 4.78 is 5.49. The van der Waals surface area contributed by atoms with Crippen molar-refractivity contribution in [2.75, 3.05) is 17.4 Å². The number of rotatable bonds is 6. The topological polar surface area (TPSA) is 29.5 Å². The first kappa shape index (κ1) is 19.6. The summed E-state index contributed by atoms with van der Waals surface area (Å²) in [6.07, 6.45) is 0.469. The van der Waals surface area contributed by atoms with Crippen molar-refractivity contribution in [3.8, 4) is 0 Å². The van der Waals surface area contributed by atoms with Crippen LogP contribution in [-0.4, -0.2) is 18.6 Å². The van der Waals surface area contributed by atoms with Crippen molar-refractivity contribution < 1.29 is 9.53 Å². The van der Waals surface area contributed by atoms with Crippen molar-refractivity contribution in [2.24, 2.45) is 5.92 Å². The molecule has 0 spiro atoms. The predicted molar refractivity (Wildman–Crippen MR) is 98.3 cm³/mol. The van der Waals surface area contributed by atoms with E-state index in [4.69, 9.17) is 16.3 Å². The monoisotopic (exact) mass is 337 g/mol. The maximum atomic E-state index is 12.7. The highest BCUT2D eigenvalue weighted by Gasteiger charge is 2.24. The highest BCUT2D eigenvalue weighted by molar-refractivity contribution is 6.20. The quantitative estimate of drug-likeness (QED) is 0.611. The van der Waals surface area contributed by atoms with Crippen LogP contribution in [0.15, 0.2) is 29.5 Å². The van der Waals surface area contributed by atoms with Crippen molar-refractivity contribution in [3.05, 3.63) is 40.6 Å². The number of amides is 1. The SMILES string of the molecule is CC/C(C)=C(\CCl)N(C(=O)OCC(C)C)c1cc(C)ccc1C. The van der Waals surface area contributed by atoms with E-state index in [-0.39, 0.29) is 17.9 Å². The maximum Gasteiger partial charge on any atom is 0.418 e. The summed E-state index contributed by atoms with van der Waals surface area (Å²) in [5, 5.41) is 0. The van der Waals surface area contributed by atoms with Gasteiger partial charge in [-0.15, -0.1) is 11.6 Å². The van der Waals surface area contributed by atoms with Crippen molar-refractivity contribution >= 4 is 23.4 Å². The molecule has 3 nitrogen and oxygen atoms in total. The highest BCUT2D eigenvalue weighted by atomic mass is 35.5. The molecule has 0 radical (unpaired) electrons. The predicted octanol–water partition coefficient (Wildman–Crippen LogP) is 5.83. The molecule has 1 rings (SSSR count). The number of hydrogen-bond acceptors (Lipinski definition) is 2. The van der Waals surface area contributed by atoms with Gasteiger partial charge in [-0.1, -0.05) is 38.5 Å². The number of aryl methyl sites for hydroxylation is 2. The van der Waals surface area contributed by atoms with Gasteiger partial charge < -0.3 is 4.74 Å². The number of anilines is 1. The minimum atomic E-state index is -0.365. The van der Waals surface area contributed by atoms with Gasteiger partial charge in [-0.05, 0) is 50.3 Å². The van der Waals surface area contributed by atoms with Gasteiger partial charge in [0.15, 0.2) is 0 Å². The van der Waals surface area contributed by atoms with Gasteiger partial charge in [0.2, 0.25) is 0 Å². The fourth-order valence-corrected chi connectivity index (χ4v) is 2.53. The first-order valence-electron chi connectivity index (χ1n) is 8.10. The molecule has 0 fully saturated rings. The molecular formula is C19H28ClNO2. The Morgan fingerprint density at radius 2 is 1.96 bits per heavy atom. The molecule has 0 aliphatic rings. The lowest BCUT2D eigenvalue weighted by molar-refractivity contribution is 0.141. The molecule has 23 heavy (non-hydrogen) atoms. The number of ether oxygens (including phenoxy) is 1. The molecule has 4 heteroatoms. The van der Waals surface area contributed by atoms with E-state index < -0.39 is 0 Å². The maximum absolute atomic E-state index is 12.7. The second-order valence-corrected chi connectivity index (χ2v) is 6.58. The minimum absolute atomic E-state index is 0.268. The standard InChI is InChI=1S/C19H28ClNO2/c1-7-15(5)18(11-20)21(19(22)23-12-13(2)3)17-10-14(4)8-9-16(17)6/h8-10,13H,7,11-12H2,1-6H3/b18-15+. The number of carbonyl (C=O) groups excluding carboxylic acids is 1. The Bertz CT molecular complexity index is 579. The molecule has 0 aliphatic carbocycles. The Hall–Kier alpha value is -1.48. The second-order valence-electron chi connectivity index (χ2n) is 6.31. The van der Waals surface area contributed by atoms with Gasteiger partial charge in [-0.2, -0.15) is 0 Å². The van der Waals surface area contributed by atoms with Crippen LogP contribution in [0.25, 0.3) is 0 Å². The van der Waals surface area contributed by atoms with Crippen molar-refractivity contribution in [1.29, 1.82) is 0 Å². The molecule has 1 aromatic carbocycles. The summed E-state index contributed by atoms with van der Waals surface area (Å²) in [6.45, 7) is 12.5. The van der Waals surface area contributed by atoms with Crippen LogP contribution in [0.2, 0.25) is 0 Å². The van der Waals surface area contributed by atoms with E-state index in [0.29, 0.717) is 6.61 Å². The fourth-order valence-electron chi connectivity index (χ4n) is 2.19. The zero-order valence-corrected chi connectivity index (χ0v) is 15.8. The zero-order valence-electron chi connectivity index (χ0n) is 15.1. The summed E-state index contributed by atoms with van der Waals surface area (Å²) in [6, 6.07) is 6.05. The number of alkyl halides is 1. The zero-order chi connectivity index (χ0) is 17.6. The molecule has 0 heterocycles. The van der Waals surface area contributed by atoms with Gasteiger partial charge in [0, 0.05) is 5.70 Å². The van der Waals surface area contributed by atoms with E-state index in [9.17, 15) is 4.79 Å². The van der Waals surface area contributed by atoms with Crippen LogP contribution < -0.4 is 4.90 Å². The molecule has 0 atom stereocenters. The van der Waals surface area contributed by atoms with Crippen LogP contribution in [0.4, 0.5) is 10.5 Å². The van der Waals surface area contributed by atoms with Crippen LogP contribution >= 0.6 is 11.6 Å². The molecule has 0 aliphatic heterocycles. The van der Waals surface area contributed by atoms with Crippen LogP contribution in [0, 0.1) is 19.8 Å². The Balaban J connectivity index is 3.36. The molecule has 0 bridgehead atoms. The third-order valence-corrected chi connectivity index (χ3v) is 4.00. The van der Waals surface area contributed by atoms with E-state index in [1.807, 2.05) is 52.8 Å². The summed E-state index contributed by atoms with van der Waals surface area (Å²) in [7, 11) is 0. The highest BCUT2D eigenvalue weighted by Crippen LogP contribution is 2.29. The van der Waals surface area contributed by atoms with E-state index in [2.05, 4.69) is 6.92 Å². The van der Waals surface area contributed by atoms with E-state index in [1.165, 1.54) is 0 Å². The Morgan fingerprint density at radius 3 is 2.48 bits per heavy atom. The normalized spacial score (nSPS) is 12.2. The first-order valence-corrected chi connectivity index (χ1v) is 8.63. The number of carbonyl (C=O) groups is 1. The Kier molecular flexibility index (Phi) is 7.63. The molecule has 1 aromatic rings. The Labute approximate surface area is 145 Å². The molecule has 0 aromatic heterocycles. The van der Waals surface area contributed by atoms with E-state index >= 15 is 0 Å². The average molecular weight is 338 g/mol. The second kappa shape index (κ2) is 8.97. The molecular weight excluding hydrogens is 310 g/mol. The third kappa shape index (κ3) is 5.28. The molecule has 128 valence electrons. The smallest absolute Gasteiger partial charge is 0.418 e. The van der Waals surface area contributed by atoms with E-state index in [1.54, 1.807) is 4.90 Å². The van der Waals surface area contributed by atoms with Crippen molar-refractivity contribution in [2.45, 2.75) is 48.0 Å². The summed E-state index contributed by atoms with van der Waals surface area (Å²) >= 11 is 6.18. The van der Waals surface area contributed by atoms with Gasteiger partial charge in [-0.3, -0.25) is 0 Å². The Morgan fingerprint density at radius 1 is 1.30 bits per heavy atom. The van der Waals surface area contributed by atoms with Gasteiger partial charge in [-0.25, -0.2) is 9.69 Å². The molecule has 0 saturated carbocycles. The number of halogens is 1. The number of allylic oxidation sites excluding steroid dienone is 2. The fraction of sp³-hybridized carbons (Fsp3) is 0.526. The summed E-state index contributed by atoms with van der Waals surface area (Å²) in [4.78, 5) is 14.4. The van der Waals surface area contributed by atoms with Gasteiger partial charge in [0.25, 0.3) is 0 Å². The summed E-state index contributed by atoms with van der Waals surface area (Å²) in [5.41, 5.74) is 4.83. The number of benzene rings is 1. The largest absolute Gasteiger partial charge is 0.449 e. The number of hydrogen-bond donors (Lipinski definition) is 0. The molecule has 0 unspecified atom stereocenters. The molecule has 0 saturated heterocycles. The minimum Gasteiger partial charge on any atom is -0.449 e. The number of nitrogens with zero attached hydrogens (tertiary/aromatic N) is 1. The van der Waals surface area contributed by atoms with Crippen LogP contribution in [0.5, 0.6) is 0 Å². The van der Waals surface area contributed by atoms with Crippen LogP contribution in [-0.2, 0) is 4.74 Å². The third-order valence-electron chi connectivity index (χ3n) is 3.75. The van der Waals surface area contributed by atoms with Gasteiger partial charge >= 0.3 is 6.09 Å². The molecule has 1 amide bonds. The summed E-state index contributed by atoms with van der Waals surface area (Å²) in [5.74, 6) is 0.555. The van der Waals surface area contributed by atoms with E-state index in [0.717, 1.165) is 34.5 Å². The van der Waals surface area contributed by atoms with Crippen molar-refractivity contribution in [3.63, 3.8) is 0 Å². The lowest BCUT2D eigenvalue weighted by Gasteiger charge is -2.28.